The van der Waals surface area contributed by atoms with Crippen LogP contribution in [0.4, 0.5) is 10.5 Å². The Morgan fingerprint density at radius 3 is 2.56 bits per heavy atom. The molecule has 0 radical (unpaired) electrons. The first-order chi connectivity index (χ1) is 13.0. The molecule has 7 heteroatoms. The molecule has 0 saturated heterocycles. The fourth-order valence-corrected chi connectivity index (χ4v) is 2.67. The molecule has 3 N–H and O–H groups in total. The monoisotopic (exact) mass is 369 g/mol. The van der Waals surface area contributed by atoms with Crippen molar-refractivity contribution in [2.24, 2.45) is 0 Å². The average molecular weight is 369 g/mol. The van der Waals surface area contributed by atoms with Gasteiger partial charge in [0.15, 0.2) is 11.5 Å². The van der Waals surface area contributed by atoms with E-state index in [9.17, 15) is 9.59 Å². The molecular formula is C20H23N3O4. The molecule has 142 valence electrons. The Morgan fingerprint density at radius 2 is 1.81 bits per heavy atom. The highest BCUT2D eigenvalue weighted by molar-refractivity contribution is 5.90. The van der Waals surface area contributed by atoms with Gasteiger partial charge in [0.05, 0.1) is 6.04 Å². The van der Waals surface area contributed by atoms with Crippen molar-refractivity contribution in [3.63, 3.8) is 0 Å². The number of urea groups is 1. The fourth-order valence-electron chi connectivity index (χ4n) is 2.67. The minimum Gasteiger partial charge on any atom is -0.454 e. The number of carbonyl (C=O) groups is 2. The van der Waals surface area contributed by atoms with Gasteiger partial charge in [-0.2, -0.15) is 0 Å². The summed E-state index contributed by atoms with van der Waals surface area (Å²) in [6.45, 7) is 4.32. The van der Waals surface area contributed by atoms with Crippen LogP contribution in [-0.4, -0.2) is 18.7 Å². The summed E-state index contributed by atoms with van der Waals surface area (Å²) in [6, 6.07) is 12.6. The number of anilines is 1. The number of carbonyl (C=O) groups excluding carboxylic acids is 2. The summed E-state index contributed by atoms with van der Waals surface area (Å²) in [5, 5.41) is 8.53. The highest BCUT2D eigenvalue weighted by Gasteiger charge is 2.14. The highest BCUT2D eigenvalue weighted by Crippen LogP contribution is 2.32. The van der Waals surface area contributed by atoms with Crippen molar-refractivity contribution in [2.75, 3.05) is 12.1 Å². The molecule has 1 aliphatic rings. The Balaban J connectivity index is 1.49. The van der Waals surface area contributed by atoms with Crippen molar-refractivity contribution in [2.45, 2.75) is 32.9 Å². The maximum absolute atomic E-state index is 12.1. The van der Waals surface area contributed by atoms with Gasteiger partial charge in [0.1, 0.15) is 0 Å². The van der Waals surface area contributed by atoms with Gasteiger partial charge in [0.25, 0.3) is 0 Å². The minimum absolute atomic E-state index is 0.0307. The smallest absolute Gasteiger partial charge is 0.315 e. The predicted molar refractivity (Wildman–Crippen MR) is 102 cm³/mol. The maximum Gasteiger partial charge on any atom is 0.315 e. The largest absolute Gasteiger partial charge is 0.454 e. The third kappa shape index (κ3) is 4.91. The SMILES string of the molecule is CCC(=O)Nc1ccc(C(C)NC(=O)NCc2ccc3c(c2)OCO3)cc1. The molecule has 2 aromatic rings. The van der Waals surface area contributed by atoms with Gasteiger partial charge in [0.2, 0.25) is 12.7 Å². The fraction of sp³-hybridized carbons (Fsp3) is 0.300. The number of ether oxygens (including phenoxy) is 2. The van der Waals surface area contributed by atoms with E-state index in [0.29, 0.717) is 18.7 Å². The lowest BCUT2D eigenvalue weighted by Crippen LogP contribution is -2.36. The molecule has 0 bridgehead atoms. The Kier molecular flexibility index (Phi) is 5.80. The van der Waals surface area contributed by atoms with Crippen LogP contribution < -0.4 is 25.4 Å². The Labute approximate surface area is 158 Å². The maximum atomic E-state index is 12.1. The second-order valence-corrected chi connectivity index (χ2v) is 6.26. The Morgan fingerprint density at radius 1 is 1.07 bits per heavy atom. The molecule has 1 unspecified atom stereocenters. The first kappa shape index (κ1) is 18.6. The van der Waals surface area contributed by atoms with Crippen molar-refractivity contribution in [3.8, 4) is 11.5 Å². The Bertz CT molecular complexity index is 820. The topological polar surface area (TPSA) is 88.7 Å². The van der Waals surface area contributed by atoms with E-state index in [1.165, 1.54) is 0 Å². The van der Waals surface area contributed by atoms with Gasteiger partial charge >= 0.3 is 6.03 Å². The molecule has 0 fully saturated rings. The van der Waals surface area contributed by atoms with Gasteiger partial charge in [-0.25, -0.2) is 4.79 Å². The van der Waals surface area contributed by atoms with Crippen LogP contribution in [0.2, 0.25) is 0 Å². The molecule has 2 aromatic carbocycles. The lowest BCUT2D eigenvalue weighted by atomic mass is 10.1. The van der Waals surface area contributed by atoms with Crippen LogP contribution in [0.3, 0.4) is 0 Å². The van der Waals surface area contributed by atoms with Gasteiger partial charge in [-0.3, -0.25) is 4.79 Å². The predicted octanol–water partition coefficient (Wildman–Crippen LogP) is 3.32. The van der Waals surface area contributed by atoms with E-state index in [1.54, 1.807) is 6.92 Å². The van der Waals surface area contributed by atoms with Crippen molar-refractivity contribution in [1.29, 1.82) is 0 Å². The van der Waals surface area contributed by atoms with E-state index in [1.807, 2.05) is 49.4 Å². The van der Waals surface area contributed by atoms with E-state index >= 15 is 0 Å². The number of fused-ring (bicyclic) bond motifs is 1. The van der Waals surface area contributed by atoms with Gasteiger partial charge in [-0.1, -0.05) is 25.1 Å². The van der Waals surface area contributed by atoms with Crippen LogP contribution in [0.25, 0.3) is 0 Å². The van der Waals surface area contributed by atoms with E-state index < -0.39 is 0 Å². The van der Waals surface area contributed by atoms with Crippen molar-refractivity contribution < 1.29 is 19.1 Å². The molecule has 1 heterocycles. The first-order valence-corrected chi connectivity index (χ1v) is 8.88. The standard InChI is InChI=1S/C20H23N3O4/c1-3-19(24)23-16-7-5-15(6-8-16)13(2)22-20(25)21-11-14-4-9-17-18(10-14)27-12-26-17/h4-10,13H,3,11-12H2,1-2H3,(H,23,24)(H2,21,22,25). The second kappa shape index (κ2) is 8.44. The van der Waals surface area contributed by atoms with E-state index in [0.717, 1.165) is 22.6 Å². The van der Waals surface area contributed by atoms with Crippen LogP contribution >= 0.6 is 0 Å². The van der Waals surface area contributed by atoms with Crippen molar-refractivity contribution >= 4 is 17.6 Å². The van der Waals surface area contributed by atoms with Crippen molar-refractivity contribution in [1.82, 2.24) is 10.6 Å². The number of hydrogen-bond acceptors (Lipinski definition) is 4. The summed E-state index contributed by atoms with van der Waals surface area (Å²) >= 11 is 0. The van der Waals surface area contributed by atoms with Crippen LogP contribution in [0.5, 0.6) is 11.5 Å². The lowest BCUT2D eigenvalue weighted by Gasteiger charge is -2.16. The molecule has 0 aliphatic carbocycles. The summed E-state index contributed by atoms with van der Waals surface area (Å²) in [5.41, 5.74) is 2.62. The summed E-state index contributed by atoms with van der Waals surface area (Å²) < 4.78 is 10.6. The minimum atomic E-state index is -0.261. The number of rotatable bonds is 6. The molecule has 7 nitrogen and oxygen atoms in total. The van der Waals surface area contributed by atoms with E-state index in [-0.39, 0.29) is 24.8 Å². The lowest BCUT2D eigenvalue weighted by molar-refractivity contribution is -0.115. The molecule has 0 spiro atoms. The number of nitrogens with one attached hydrogen (secondary N) is 3. The zero-order chi connectivity index (χ0) is 19.2. The van der Waals surface area contributed by atoms with Crippen molar-refractivity contribution in [3.05, 3.63) is 53.6 Å². The van der Waals surface area contributed by atoms with Crippen LogP contribution in [-0.2, 0) is 11.3 Å². The van der Waals surface area contributed by atoms with Gasteiger partial charge in [0, 0.05) is 18.7 Å². The van der Waals surface area contributed by atoms with E-state index in [2.05, 4.69) is 16.0 Å². The summed E-state index contributed by atoms with van der Waals surface area (Å²) in [6.07, 6.45) is 0.434. The zero-order valence-electron chi connectivity index (χ0n) is 15.4. The molecular weight excluding hydrogens is 346 g/mol. The third-order valence-electron chi connectivity index (χ3n) is 4.25. The summed E-state index contributed by atoms with van der Waals surface area (Å²) in [5.74, 6) is 1.38. The molecule has 27 heavy (non-hydrogen) atoms. The Hall–Kier alpha value is -3.22. The van der Waals surface area contributed by atoms with Crippen LogP contribution in [0.1, 0.15) is 37.4 Å². The molecule has 0 saturated carbocycles. The van der Waals surface area contributed by atoms with Crippen LogP contribution in [0.15, 0.2) is 42.5 Å². The quantitative estimate of drug-likeness (QED) is 0.729. The van der Waals surface area contributed by atoms with Gasteiger partial charge < -0.3 is 25.4 Å². The number of benzene rings is 2. The van der Waals surface area contributed by atoms with Gasteiger partial charge in [-0.05, 0) is 42.3 Å². The summed E-state index contributed by atoms with van der Waals surface area (Å²) in [4.78, 5) is 23.6. The third-order valence-corrected chi connectivity index (χ3v) is 4.25. The molecule has 1 atom stereocenters. The van der Waals surface area contributed by atoms with Gasteiger partial charge in [-0.15, -0.1) is 0 Å². The molecule has 0 aromatic heterocycles. The number of amides is 3. The second-order valence-electron chi connectivity index (χ2n) is 6.26. The van der Waals surface area contributed by atoms with Crippen LogP contribution in [0, 0.1) is 0 Å². The zero-order valence-corrected chi connectivity index (χ0v) is 15.4. The molecule has 3 amide bonds. The number of hydrogen-bond donors (Lipinski definition) is 3. The normalized spacial score (nSPS) is 13.0. The van der Waals surface area contributed by atoms with E-state index in [4.69, 9.17) is 9.47 Å². The summed E-state index contributed by atoms with van der Waals surface area (Å²) in [7, 11) is 0. The molecule has 3 rings (SSSR count). The highest BCUT2D eigenvalue weighted by atomic mass is 16.7. The average Bonchev–Trinajstić information content (AvgIpc) is 3.14. The molecule has 1 aliphatic heterocycles. The first-order valence-electron chi connectivity index (χ1n) is 8.88.